The second kappa shape index (κ2) is 12.1. The summed E-state index contributed by atoms with van der Waals surface area (Å²) in [5.41, 5.74) is 0. The van der Waals surface area contributed by atoms with Gasteiger partial charge in [-0.05, 0) is 6.42 Å². The second-order valence-corrected chi connectivity index (χ2v) is 8.35. The summed E-state index contributed by atoms with van der Waals surface area (Å²) in [5.74, 6) is -6.44. The molecule has 0 aromatic heterocycles. The van der Waals surface area contributed by atoms with Gasteiger partial charge in [0.2, 0.25) is 5.79 Å². The first-order chi connectivity index (χ1) is 15.6. The number of rotatable bonds is 12. The Morgan fingerprint density at radius 3 is 1.97 bits per heavy atom. The molecule has 0 bridgehead atoms. The van der Waals surface area contributed by atoms with Crippen LogP contribution in [-0.4, -0.2) is 121 Å². The van der Waals surface area contributed by atoms with Crippen LogP contribution in [0.2, 0.25) is 0 Å². The van der Waals surface area contributed by atoms with E-state index in [2.05, 4.69) is 0 Å². The van der Waals surface area contributed by atoms with Gasteiger partial charge in [0.1, 0.15) is 43.2 Å². The molecule has 2 fully saturated rings. The number of ether oxygens (including phenoxy) is 4. The van der Waals surface area contributed by atoms with Crippen molar-refractivity contribution in [2.24, 2.45) is 0 Å². The number of esters is 1. The summed E-state index contributed by atoms with van der Waals surface area (Å²) < 4.78 is 21.3. The summed E-state index contributed by atoms with van der Waals surface area (Å²) in [6, 6.07) is 0. The molecule has 2 aliphatic rings. The molecule has 0 aliphatic carbocycles. The Morgan fingerprint density at radius 1 is 0.818 bits per heavy atom. The minimum Gasteiger partial charge on any atom is -0.405 e. The fourth-order valence-corrected chi connectivity index (χ4v) is 3.88. The molecular formula is C20H36O13. The molecule has 2 heterocycles. The van der Waals surface area contributed by atoms with E-state index in [1.165, 1.54) is 0 Å². The van der Waals surface area contributed by atoms with Gasteiger partial charge in [-0.15, -0.1) is 0 Å². The van der Waals surface area contributed by atoms with Gasteiger partial charge in [-0.1, -0.05) is 32.6 Å². The molecule has 1 unspecified atom stereocenters. The topological polar surface area (TPSA) is 216 Å². The molecule has 8 N–H and O–H groups in total. The van der Waals surface area contributed by atoms with Crippen molar-refractivity contribution in [1.29, 1.82) is 0 Å². The monoisotopic (exact) mass is 484 g/mol. The highest BCUT2D eigenvalue weighted by molar-refractivity contribution is 5.69. The molecule has 194 valence electrons. The van der Waals surface area contributed by atoms with Crippen LogP contribution in [0.3, 0.4) is 0 Å². The van der Waals surface area contributed by atoms with Crippen LogP contribution in [0.4, 0.5) is 0 Å². The Kier molecular flexibility index (Phi) is 10.4. The molecule has 13 heteroatoms. The van der Waals surface area contributed by atoms with E-state index >= 15 is 0 Å². The molecule has 0 saturated carbocycles. The van der Waals surface area contributed by atoms with Gasteiger partial charge in [0, 0.05) is 6.42 Å². The summed E-state index contributed by atoms with van der Waals surface area (Å²) in [6.45, 7) is -0.792. The Labute approximate surface area is 191 Å². The molecule has 0 aromatic rings. The molecule has 33 heavy (non-hydrogen) atoms. The van der Waals surface area contributed by atoms with Crippen LogP contribution in [0.25, 0.3) is 0 Å². The van der Waals surface area contributed by atoms with E-state index in [0.717, 1.165) is 19.3 Å². The van der Waals surface area contributed by atoms with E-state index in [1.54, 1.807) is 0 Å². The molecular weight excluding hydrogens is 448 g/mol. The van der Waals surface area contributed by atoms with Crippen molar-refractivity contribution in [3.63, 3.8) is 0 Å². The number of unbranched alkanes of at least 4 members (excludes halogenated alkanes) is 4. The number of hydrogen-bond donors (Lipinski definition) is 8. The normalized spacial score (nSPS) is 41.3. The molecule has 2 rings (SSSR count). The van der Waals surface area contributed by atoms with E-state index in [-0.39, 0.29) is 6.42 Å². The summed E-state index contributed by atoms with van der Waals surface area (Å²) in [7, 11) is 0. The van der Waals surface area contributed by atoms with Crippen LogP contribution >= 0.6 is 0 Å². The molecule has 0 spiro atoms. The van der Waals surface area contributed by atoms with Crippen molar-refractivity contribution in [3.8, 4) is 0 Å². The quantitative estimate of drug-likeness (QED) is 0.0780. The number of hydrogen-bond acceptors (Lipinski definition) is 13. The van der Waals surface area contributed by atoms with E-state index in [1.807, 2.05) is 6.92 Å². The number of aliphatic hydroxyl groups is 8. The Morgan fingerprint density at radius 2 is 1.42 bits per heavy atom. The lowest BCUT2D eigenvalue weighted by atomic mass is 9.97. The van der Waals surface area contributed by atoms with Crippen LogP contribution in [-0.2, 0) is 23.7 Å². The summed E-state index contributed by atoms with van der Waals surface area (Å²) in [6.07, 6.45) is -9.00. The van der Waals surface area contributed by atoms with Gasteiger partial charge < -0.3 is 55.1 Å². The first-order valence-electron chi connectivity index (χ1n) is 11.1. The molecule has 0 radical (unpaired) electrons. The second-order valence-electron chi connectivity index (χ2n) is 8.35. The van der Waals surface area contributed by atoms with E-state index in [9.17, 15) is 45.6 Å². The summed E-state index contributed by atoms with van der Waals surface area (Å²) in [5, 5.41) is 80.3. The molecule has 0 aromatic carbocycles. The van der Waals surface area contributed by atoms with Crippen LogP contribution in [0, 0.1) is 0 Å². The first kappa shape index (κ1) is 28.3. The van der Waals surface area contributed by atoms with Crippen LogP contribution in [0.5, 0.6) is 0 Å². The lowest BCUT2D eigenvalue weighted by Gasteiger charge is -2.49. The maximum Gasteiger partial charge on any atom is 0.362 e. The van der Waals surface area contributed by atoms with E-state index in [0.29, 0.717) is 12.8 Å². The Hall–Kier alpha value is -0.970. The number of aliphatic hydroxyl groups excluding tert-OH is 8. The highest BCUT2D eigenvalue weighted by atomic mass is 16.9. The third-order valence-electron chi connectivity index (χ3n) is 5.87. The van der Waals surface area contributed by atoms with Crippen molar-refractivity contribution in [2.75, 3.05) is 19.8 Å². The zero-order chi connectivity index (χ0) is 24.8. The van der Waals surface area contributed by atoms with Gasteiger partial charge in [-0.25, -0.2) is 0 Å². The van der Waals surface area contributed by atoms with Crippen LogP contribution in [0.15, 0.2) is 0 Å². The van der Waals surface area contributed by atoms with Gasteiger partial charge in [0.15, 0.2) is 6.10 Å². The molecule has 13 nitrogen and oxygen atoms in total. The van der Waals surface area contributed by atoms with Crippen molar-refractivity contribution in [1.82, 2.24) is 0 Å². The highest BCUT2D eigenvalue weighted by Crippen LogP contribution is 2.41. The molecule has 0 amide bonds. The average molecular weight is 484 g/mol. The van der Waals surface area contributed by atoms with Gasteiger partial charge >= 0.3 is 11.9 Å². The third-order valence-corrected chi connectivity index (χ3v) is 5.87. The molecule has 9 atom stereocenters. The van der Waals surface area contributed by atoms with Gasteiger partial charge in [-0.2, -0.15) is 0 Å². The summed E-state index contributed by atoms with van der Waals surface area (Å²) >= 11 is 0. The summed E-state index contributed by atoms with van der Waals surface area (Å²) in [4.78, 5) is 12.6. The van der Waals surface area contributed by atoms with Gasteiger partial charge in [0.25, 0.3) is 0 Å². The lowest BCUT2D eigenvalue weighted by Crippen LogP contribution is -2.70. The molecule has 2 saturated heterocycles. The number of carbonyl (C=O) groups is 1. The maximum atomic E-state index is 12.6. The SMILES string of the molecule is CCCCCCCC(=O)O[C@@]1(OC2(CO)O[C@H](CO)[C@@H](O)[C@@H]2O)O[C@H](CO)[C@@H](O)[C@H](O)[C@H]1O. The predicted molar refractivity (Wildman–Crippen MR) is 107 cm³/mol. The Balaban J connectivity index is 2.32. The van der Waals surface area contributed by atoms with Crippen molar-refractivity contribution in [3.05, 3.63) is 0 Å². The predicted octanol–water partition coefficient (Wildman–Crippen LogP) is -3.16. The standard InChI is InChI=1S/C20H36O13/c1-2-3-4-5-6-7-13(24)32-20(18(29)16(27)14(25)11(8-21)31-20)33-19(10-23)17(28)15(26)12(9-22)30-19/h11-12,14-18,21-23,25-29H,2-10H2,1H3/t11-,12-,14-,15-,16+,17+,18-,19?,20+/m1/s1. The zero-order valence-corrected chi connectivity index (χ0v) is 18.5. The largest absolute Gasteiger partial charge is 0.405 e. The zero-order valence-electron chi connectivity index (χ0n) is 18.5. The van der Waals surface area contributed by atoms with Crippen LogP contribution < -0.4 is 0 Å². The van der Waals surface area contributed by atoms with Crippen molar-refractivity contribution < 1.29 is 64.6 Å². The molecule has 2 aliphatic heterocycles. The third kappa shape index (κ3) is 6.00. The maximum absolute atomic E-state index is 12.6. The fraction of sp³-hybridized carbons (Fsp3) is 0.950. The number of carbonyl (C=O) groups excluding carboxylic acids is 1. The minimum absolute atomic E-state index is 0.134. The van der Waals surface area contributed by atoms with Gasteiger partial charge in [0.05, 0.1) is 13.2 Å². The lowest BCUT2D eigenvalue weighted by molar-refractivity contribution is -0.498. The Bertz CT molecular complexity index is 619. The minimum atomic E-state index is -2.94. The highest BCUT2D eigenvalue weighted by Gasteiger charge is 2.65. The van der Waals surface area contributed by atoms with Crippen molar-refractivity contribution in [2.45, 2.75) is 99.9 Å². The van der Waals surface area contributed by atoms with Crippen LogP contribution in [0.1, 0.15) is 45.4 Å². The fourth-order valence-electron chi connectivity index (χ4n) is 3.88. The van der Waals surface area contributed by atoms with Gasteiger partial charge in [-0.3, -0.25) is 9.53 Å². The van der Waals surface area contributed by atoms with E-state index < -0.39 is 80.3 Å². The first-order valence-corrected chi connectivity index (χ1v) is 11.1. The van der Waals surface area contributed by atoms with Crippen molar-refractivity contribution >= 4 is 5.97 Å². The van der Waals surface area contributed by atoms with E-state index in [4.69, 9.17) is 18.9 Å². The smallest absolute Gasteiger partial charge is 0.362 e. The average Bonchev–Trinajstić information content (AvgIpc) is 3.04.